The van der Waals surface area contributed by atoms with Crippen LogP contribution in [0.4, 0.5) is 0 Å². The van der Waals surface area contributed by atoms with Gasteiger partial charge in [0, 0.05) is 31.7 Å². The first-order valence-electron chi connectivity index (χ1n) is 8.06. The van der Waals surface area contributed by atoms with Gasteiger partial charge in [0.1, 0.15) is 0 Å². The minimum absolute atomic E-state index is 0.349. The predicted molar refractivity (Wildman–Crippen MR) is 80.5 cm³/mol. The van der Waals surface area contributed by atoms with Crippen molar-refractivity contribution in [3.8, 4) is 0 Å². The maximum absolute atomic E-state index is 5.81. The van der Waals surface area contributed by atoms with Gasteiger partial charge >= 0.3 is 0 Å². The molecule has 2 aliphatic heterocycles. The van der Waals surface area contributed by atoms with Crippen LogP contribution in [0.5, 0.6) is 0 Å². The molecular formula is C16H32N2O. The molecule has 1 N–H and O–H groups in total. The standard InChI is InChI=1S/C16H32N2O/c1-4-17-11-16(8-6-10-19-14-16)13-18-9-5-7-15(2,3)12-18/h17H,4-14H2,1-3H3. The molecule has 1 atom stereocenters. The molecule has 0 saturated carbocycles. The van der Waals surface area contributed by atoms with E-state index in [0.717, 1.165) is 26.3 Å². The summed E-state index contributed by atoms with van der Waals surface area (Å²) in [6.45, 7) is 14.8. The average molecular weight is 268 g/mol. The summed E-state index contributed by atoms with van der Waals surface area (Å²) < 4.78 is 5.81. The summed E-state index contributed by atoms with van der Waals surface area (Å²) in [5, 5.41) is 3.56. The highest BCUT2D eigenvalue weighted by molar-refractivity contribution is 4.90. The minimum Gasteiger partial charge on any atom is -0.381 e. The topological polar surface area (TPSA) is 24.5 Å². The molecule has 0 aliphatic carbocycles. The maximum atomic E-state index is 5.81. The lowest BCUT2D eigenvalue weighted by atomic mass is 9.79. The van der Waals surface area contributed by atoms with Gasteiger partial charge in [0.25, 0.3) is 0 Å². The number of rotatable bonds is 5. The van der Waals surface area contributed by atoms with Gasteiger partial charge in [0.05, 0.1) is 6.61 Å². The molecule has 112 valence electrons. The van der Waals surface area contributed by atoms with Crippen LogP contribution in [-0.4, -0.2) is 50.8 Å². The molecule has 0 radical (unpaired) electrons. The van der Waals surface area contributed by atoms with Gasteiger partial charge in [-0.05, 0) is 44.2 Å². The minimum atomic E-state index is 0.349. The van der Waals surface area contributed by atoms with E-state index in [9.17, 15) is 0 Å². The quantitative estimate of drug-likeness (QED) is 0.829. The molecule has 3 heteroatoms. The Balaban J connectivity index is 1.94. The van der Waals surface area contributed by atoms with Crippen molar-refractivity contribution in [3.05, 3.63) is 0 Å². The van der Waals surface area contributed by atoms with E-state index in [1.807, 2.05) is 0 Å². The summed E-state index contributed by atoms with van der Waals surface area (Å²) in [5.74, 6) is 0. The van der Waals surface area contributed by atoms with Crippen LogP contribution in [0.3, 0.4) is 0 Å². The smallest absolute Gasteiger partial charge is 0.0546 e. The predicted octanol–water partition coefficient (Wildman–Crippen LogP) is 2.51. The summed E-state index contributed by atoms with van der Waals surface area (Å²) in [7, 11) is 0. The Morgan fingerprint density at radius 3 is 2.68 bits per heavy atom. The normalized spacial score (nSPS) is 32.4. The van der Waals surface area contributed by atoms with Crippen molar-refractivity contribution in [1.29, 1.82) is 0 Å². The molecule has 2 rings (SSSR count). The van der Waals surface area contributed by atoms with Crippen LogP contribution < -0.4 is 5.32 Å². The molecule has 2 aliphatic rings. The molecule has 0 aromatic rings. The van der Waals surface area contributed by atoms with Gasteiger partial charge in [0.15, 0.2) is 0 Å². The largest absolute Gasteiger partial charge is 0.381 e. The average Bonchev–Trinajstić information content (AvgIpc) is 2.36. The highest BCUT2D eigenvalue weighted by Crippen LogP contribution is 2.34. The van der Waals surface area contributed by atoms with E-state index in [0.29, 0.717) is 10.8 Å². The molecule has 0 amide bonds. The van der Waals surface area contributed by atoms with Crippen molar-refractivity contribution in [2.24, 2.45) is 10.8 Å². The van der Waals surface area contributed by atoms with Crippen molar-refractivity contribution in [2.75, 3.05) is 45.9 Å². The third kappa shape index (κ3) is 4.44. The van der Waals surface area contributed by atoms with Gasteiger partial charge in [-0.25, -0.2) is 0 Å². The maximum Gasteiger partial charge on any atom is 0.0546 e. The van der Waals surface area contributed by atoms with Crippen LogP contribution in [0.25, 0.3) is 0 Å². The molecule has 1 unspecified atom stereocenters. The number of hydrogen-bond acceptors (Lipinski definition) is 3. The SMILES string of the molecule is CCNCC1(CN2CCCC(C)(C)C2)CCCOC1. The highest BCUT2D eigenvalue weighted by Gasteiger charge is 2.36. The van der Waals surface area contributed by atoms with Crippen LogP contribution in [0.1, 0.15) is 46.5 Å². The van der Waals surface area contributed by atoms with Gasteiger partial charge in [-0.1, -0.05) is 20.8 Å². The molecule has 0 aromatic carbocycles. The van der Waals surface area contributed by atoms with Crippen LogP contribution in [0, 0.1) is 10.8 Å². The van der Waals surface area contributed by atoms with E-state index in [-0.39, 0.29) is 0 Å². The Labute approximate surface area is 119 Å². The second-order valence-electron chi connectivity index (χ2n) is 7.41. The van der Waals surface area contributed by atoms with Crippen molar-refractivity contribution in [1.82, 2.24) is 10.2 Å². The van der Waals surface area contributed by atoms with Crippen LogP contribution in [-0.2, 0) is 4.74 Å². The van der Waals surface area contributed by atoms with Crippen molar-refractivity contribution in [2.45, 2.75) is 46.5 Å². The molecule has 2 heterocycles. The van der Waals surface area contributed by atoms with Crippen LogP contribution in [0.15, 0.2) is 0 Å². The molecule has 0 aromatic heterocycles. The zero-order valence-electron chi connectivity index (χ0n) is 13.1. The zero-order valence-corrected chi connectivity index (χ0v) is 13.1. The van der Waals surface area contributed by atoms with Crippen LogP contribution >= 0.6 is 0 Å². The van der Waals surface area contributed by atoms with Gasteiger partial charge in [-0.15, -0.1) is 0 Å². The molecule has 2 fully saturated rings. The van der Waals surface area contributed by atoms with Crippen molar-refractivity contribution >= 4 is 0 Å². The summed E-state index contributed by atoms with van der Waals surface area (Å²) in [5.41, 5.74) is 0.842. The Morgan fingerprint density at radius 2 is 2.05 bits per heavy atom. The van der Waals surface area contributed by atoms with Crippen molar-refractivity contribution in [3.63, 3.8) is 0 Å². The molecule has 0 spiro atoms. The monoisotopic (exact) mass is 268 g/mol. The number of ether oxygens (including phenoxy) is 1. The first-order valence-corrected chi connectivity index (χ1v) is 8.06. The third-order valence-corrected chi connectivity index (χ3v) is 4.69. The molecule has 3 nitrogen and oxygen atoms in total. The zero-order chi connectivity index (χ0) is 13.8. The Kier molecular flexibility index (Phi) is 5.27. The molecule has 0 bridgehead atoms. The van der Waals surface area contributed by atoms with E-state index in [1.165, 1.54) is 45.3 Å². The van der Waals surface area contributed by atoms with Gasteiger partial charge < -0.3 is 15.0 Å². The van der Waals surface area contributed by atoms with Crippen LogP contribution in [0.2, 0.25) is 0 Å². The van der Waals surface area contributed by atoms with Gasteiger partial charge in [-0.2, -0.15) is 0 Å². The van der Waals surface area contributed by atoms with E-state index in [2.05, 4.69) is 31.0 Å². The number of hydrogen-bond donors (Lipinski definition) is 1. The summed E-state index contributed by atoms with van der Waals surface area (Å²) in [6, 6.07) is 0. The van der Waals surface area contributed by atoms with Crippen molar-refractivity contribution < 1.29 is 4.74 Å². The number of nitrogens with one attached hydrogen (secondary N) is 1. The molecular weight excluding hydrogens is 236 g/mol. The highest BCUT2D eigenvalue weighted by atomic mass is 16.5. The van der Waals surface area contributed by atoms with E-state index in [4.69, 9.17) is 4.74 Å². The van der Waals surface area contributed by atoms with Gasteiger partial charge in [0.2, 0.25) is 0 Å². The summed E-state index contributed by atoms with van der Waals surface area (Å²) >= 11 is 0. The fraction of sp³-hybridized carbons (Fsp3) is 1.00. The lowest BCUT2D eigenvalue weighted by Crippen LogP contribution is -2.52. The van der Waals surface area contributed by atoms with E-state index < -0.39 is 0 Å². The number of likely N-dealkylation sites (tertiary alicyclic amines) is 1. The first-order chi connectivity index (χ1) is 9.05. The summed E-state index contributed by atoms with van der Waals surface area (Å²) in [6.07, 6.45) is 5.27. The second-order valence-corrected chi connectivity index (χ2v) is 7.41. The lowest BCUT2D eigenvalue weighted by Gasteiger charge is -2.45. The number of nitrogens with zero attached hydrogens (tertiary/aromatic N) is 1. The van der Waals surface area contributed by atoms with Gasteiger partial charge in [-0.3, -0.25) is 0 Å². The fourth-order valence-electron chi connectivity index (χ4n) is 3.77. The fourth-order valence-corrected chi connectivity index (χ4v) is 3.77. The van der Waals surface area contributed by atoms with E-state index in [1.54, 1.807) is 0 Å². The Morgan fingerprint density at radius 1 is 1.21 bits per heavy atom. The Bertz CT molecular complexity index is 272. The number of piperidine rings is 1. The summed E-state index contributed by atoms with van der Waals surface area (Å²) in [4.78, 5) is 2.69. The lowest BCUT2D eigenvalue weighted by molar-refractivity contribution is -0.0367. The van der Waals surface area contributed by atoms with E-state index >= 15 is 0 Å². The molecule has 2 saturated heterocycles. The Hall–Kier alpha value is -0.120. The third-order valence-electron chi connectivity index (χ3n) is 4.69. The first kappa shape index (κ1) is 15.3. The molecule has 19 heavy (non-hydrogen) atoms. The second kappa shape index (κ2) is 6.55.